The van der Waals surface area contributed by atoms with Crippen molar-refractivity contribution in [1.29, 1.82) is 0 Å². The maximum atomic E-state index is 3.06. The zero-order valence-electron chi connectivity index (χ0n) is 35.3. The quantitative estimate of drug-likeness (QED) is 0.271. The molecule has 0 nitrogen and oxygen atoms in total. The molecule has 0 bridgehead atoms. The molecule has 7 unspecified atom stereocenters. The number of hydrogen-bond acceptors (Lipinski definition) is 0. The molecule has 0 radical (unpaired) electrons. The van der Waals surface area contributed by atoms with Crippen molar-refractivity contribution >= 4 is 0 Å². The largest absolute Gasteiger partial charge is 0.0764 e. The van der Waals surface area contributed by atoms with Crippen LogP contribution in [0.15, 0.2) is 46.6 Å². The summed E-state index contributed by atoms with van der Waals surface area (Å²) in [5.41, 5.74) is 9.17. The number of fused-ring (bicyclic) bond motifs is 8. The van der Waals surface area contributed by atoms with Crippen molar-refractivity contribution in [3.8, 4) is 0 Å². The smallest absolute Gasteiger partial charge is 0.00921 e. The van der Waals surface area contributed by atoms with E-state index in [1.54, 1.807) is 54.4 Å². The molecule has 7 saturated carbocycles. The molecular formula is C51H78. The summed E-state index contributed by atoms with van der Waals surface area (Å²) in [4.78, 5) is 0. The van der Waals surface area contributed by atoms with Crippen LogP contribution in [0, 0.1) is 97.6 Å². The van der Waals surface area contributed by atoms with Crippen LogP contribution >= 0.6 is 0 Å². The molecule has 0 aliphatic heterocycles. The van der Waals surface area contributed by atoms with Gasteiger partial charge in [0.15, 0.2) is 0 Å². The van der Waals surface area contributed by atoms with E-state index in [4.69, 9.17) is 0 Å². The Morgan fingerprint density at radius 3 is 1.41 bits per heavy atom. The Bertz CT molecular complexity index is 1460. The van der Waals surface area contributed by atoms with Gasteiger partial charge in [-0.1, -0.05) is 145 Å². The van der Waals surface area contributed by atoms with Crippen LogP contribution in [0.3, 0.4) is 0 Å². The van der Waals surface area contributed by atoms with Crippen LogP contribution in [0.4, 0.5) is 0 Å². The Balaban J connectivity index is 1.26. The van der Waals surface area contributed by atoms with Gasteiger partial charge in [-0.15, -0.1) is 0 Å². The van der Waals surface area contributed by atoms with Crippen molar-refractivity contribution < 1.29 is 0 Å². The Morgan fingerprint density at radius 2 is 0.941 bits per heavy atom. The maximum Gasteiger partial charge on any atom is -0.00921 e. The predicted molar refractivity (Wildman–Crippen MR) is 217 cm³/mol. The monoisotopic (exact) mass is 691 g/mol. The van der Waals surface area contributed by atoms with Gasteiger partial charge in [0.1, 0.15) is 0 Å². The second-order valence-electron chi connectivity index (χ2n) is 24.4. The summed E-state index contributed by atoms with van der Waals surface area (Å²) < 4.78 is 0. The Kier molecular flexibility index (Phi) is 8.04. The van der Waals surface area contributed by atoms with Crippen molar-refractivity contribution in [2.75, 3.05) is 0 Å². The summed E-state index contributed by atoms with van der Waals surface area (Å²) in [5, 5.41) is 0. The first-order chi connectivity index (χ1) is 23.9. The zero-order chi connectivity index (χ0) is 36.1. The second kappa shape index (κ2) is 11.5. The van der Waals surface area contributed by atoms with E-state index in [1.165, 1.54) is 64.2 Å². The van der Waals surface area contributed by atoms with Crippen LogP contribution < -0.4 is 0 Å². The SMILES string of the molecule is CC1(C)CCC(C)(C)C2=CC3C(C=C21)C1C=C2C(=CC1C3[C@@]13CCCC[C@@H]1[C@@H](C1CCCCC1)C1CC(C(C)(C)C)CC13)C(C)(C)CCC2(C)C. The van der Waals surface area contributed by atoms with Crippen LogP contribution in [-0.2, 0) is 0 Å². The van der Waals surface area contributed by atoms with Gasteiger partial charge in [-0.3, -0.25) is 0 Å². The van der Waals surface area contributed by atoms with E-state index in [0.29, 0.717) is 34.5 Å². The third kappa shape index (κ3) is 5.14. The average Bonchev–Trinajstić information content (AvgIpc) is 3.73. The highest BCUT2D eigenvalue weighted by Crippen LogP contribution is 2.77. The van der Waals surface area contributed by atoms with Crippen LogP contribution in [-0.4, -0.2) is 0 Å². The average molecular weight is 691 g/mol. The van der Waals surface area contributed by atoms with Gasteiger partial charge in [-0.05, 0) is 171 Å². The van der Waals surface area contributed by atoms with Crippen LogP contribution in [0.5, 0.6) is 0 Å². The molecule has 282 valence electrons. The molecule has 9 rings (SSSR count). The third-order valence-electron chi connectivity index (χ3n) is 19.2. The van der Waals surface area contributed by atoms with Gasteiger partial charge in [0.25, 0.3) is 0 Å². The van der Waals surface area contributed by atoms with Gasteiger partial charge in [0.2, 0.25) is 0 Å². The highest BCUT2D eigenvalue weighted by atomic mass is 14.7. The molecule has 0 saturated heterocycles. The van der Waals surface area contributed by atoms with Crippen molar-refractivity contribution in [2.24, 2.45) is 97.6 Å². The molecule has 0 amide bonds. The fraction of sp³-hybridized carbons (Fsp3) is 0.843. The number of rotatable bonds is 2. The van der Waals surface area contributed by atoms with E-state index in [-0.39, 0.29) is 21.7 Å². The minimum Gasteiger partial charge on any atom is -0.0764 e. The third-order valence-corrected chi connectivity index (χ3v) is 19.2. The summed E-state index contributed by atoms with van der Waals surface area (Å²) in [6, 6.07) is 0. The summed E-state index contributed by atoms with van der Waals surface area (Å²) in [6.07, 6.45) is 34.2. The van der Waals surface area contributed by atoms with Crippen molar-refractivity contribution in [3.05, 3.63) is 46.6 Å². The fourth-order valence-electron chi connectivity index (χ4n) is 16.4. The van der Waals surface area contributed by atoms with E-state index < -0.39 is 0 Å². The zero-order valence-corrected chi connectivity index (χ0v) is 35.3. The molecule has 7 fully saturated rings. The maximum absolute atomic E-state index is 3.06. The lowest BCUT2D eigenvalue weighted by Crippen LogP contribution is -2.48. The molecular weight excluding hydrogens is 613 g/mol. The Hall–Kier alpha value is -1.04. The van der Waals surface area contributed by atoms with Gasteiger partial charge in [-0.25, -0.2) is 0 Å². The van der Waals surface area contributed by atoms with Gasteiger partial charge >= 0.3 is 0 Å². The van der Waals surface area contributed by atoms with Crippen LogP contribution in [0.25, 0.3) is 0 Å². The van der Waals surface area contributed by atoms with E-state index in [0.717, 1.165) is 41.4 Å². The minimum atomic E-state index is 0.288. The molecule has 0 aromatic heterocycles. The van der Waals surface area contributed by atoms with Crippen molar-refractivity contribution in [3.63, 3.8) is 0 Å². The molecule has 51 heavy (non-hydrogen) atoms. The lowest BCUT2D eigenvalue weighted by molar-refractivity contribution is -0.0426. The Morgan fingerprint density at radius 1 is 0.490 bits per heavy atom. The van der Waals surface area contributed by atoms with Crippen LogP contribution in [0.2, 0.25) is 0 Å². The normalized spacial score (nSPS) is 46.3. The standard InChI is InChI=1S/C51H78/c1-46(2,3)32-25-37-39(26-32)51(20-16-15-19-38(51)44(37)31-17-13-12-14-18-31)45-35-29-42-40(47(4,5)21-23-49(42,8)9)27-33(35)34-28-41-43(30-36(34)45)50(10,11)24-22-48(41,6)7/h27-39,44-45H,12-26H2,1-11H3/t32?,33?,34?,35?,36?,37?,38-,39?,44+,45?,51+/m1/s1. The molecule has 0 heteroatoms. The topological polar surface area (TPSA) is 0 Å². The molecule has 9 aliphatic rings. The first-order valence-corrected chi connectivity index (χ1v) is 22.8. The molecule has 0 spiro atoms. The molecule has 9 aliphatic carbocycles. The van der Waals surface area contributed by atoms with E-state index in [1.807, 2.05) is 0 Å². The molecule has 0 aromatic carbocycles. The van der Waals surface area contributed by atoms with Gasteiger partial charge in [-0.2, -0.15) is 0 Å². The van der Waals surface area contributed by atoms with E-state index in [9.17, 15) is 0 Å². The minimum absolute atomic E-state index is 0.288. The first-order valence-electron chi connectivity index (χ1n) is 22.8. The summed E-state index contributed by atoms with van der Waals surface area (Å²) in [7, 11) is 0. The fourth-order valence-corrected chi connectivity index (χ4v) is 16.4. The second-order valence-corrected chi connectivity index (χ2v) is 24.4. The van der Waals surface area contributed by atoms with Gasteiger partial charge in [0.05, 0.1) is 0 Å². The van der Waals surface area contributed by atoms with Crippen molar-refractivity contribution in [2.45, 2.75) is 172 Å². The number of hydrogen-bond donors (Lipinski definition) is 0. The predicted octanol–water partition coefficient (Wildman–Crippen LogP) is 14.6. The van der Waals surface area contributed by atoms with Crippen molar-refractivity contribution in [1.82, 2.24) is 0 Å². The molecule has 0 heterocycles. The lowest BCUT2D eigenvalue weighted by Gasteiger charge is -2.55. The number of allylic oxidation sites excluding steroid dienone is 8. The van der Waals surface area contributed by atoms with Gasteiger partial charge in [0, 0.05) is 0 Å². The highest BCUT2D eigenvalue weighted by molar-refractivity contribution is 5.52. The van der Waals surface area contributed by atoms with E-state index >= 15 is 0 Å². The Labute approximate surface area is 315 Å². The summed E-state index contributed by atoms with van der Waals surface area (Å²) in [6.45, 7) is 28.6. The molecule has 0 aromatic rings. The lowest BCUT2D eigenvalue weighted by atomic mass is 9.49. The van der Waals surface area contributed by atoms with Crippen LogP contribution in [0.1, 0.15) is 172 Å². The first kappa shape index (κ1) is 35.6. The summed E-state index contributed by atoms with van der Waals surface area (Å²) >= 11 is 0. The molecule has 0 N–H and O–H groups in total. The van der Waals surface area contributed by atoms with Gasteiger partial charge < -0.3 is 0 Å². The summed E-state index contributed by atoms with van der Waals surface area (Å²) in [5.74, 6) is 9.34. The highest BCUT2D eigenvalue weighted by Gasteiger charge is 2.71. The van der Waals surface area contributed by atoms with E-state index in [2.05, 4.69) is 100 Å². The molecule has 10 atom stereocenters.